The summed E-state index contributed by atoms with van der Waals surface area (Å²) in [5, 5.41) is 24.9. The van der Waals surface area contributed by atoms with Crippen LogP contribution in [0.4, 0.5) is 0 Å². The third-order valence-corrected chi connectivity index (χ3v) is 10.7. The van der Waals surface area contributed by atoms with Crippen molar-refractivity contribution in [2.45, 2.75) is 39.5 Å². The number of benzene rings is 1. The maximum Gasteiger partial charge on any atom is 0.147 e. The minimum absolute atomic E-state index is 0.241. The van der Waals surface area contributed by atoms with Crippen LogP contribution in [0, 0.1) is 22.7 Å². The highest BCUT2D eigenvalue weighted by Crippen LogP contribution is 2.54. The maximum atomic E-state index is 10.4. The molecule has 0 aliphatic heterocycles. The standard InChI is InChI=1S/C32H28N2O2S4/c1-3-5-15-35-31-21(19-33)22(20-34)32(36-16-6-4-2)30(28-14-12-26(40-28)24-10-8-18-38-24)29(31)27-13-11-25(39-27)23-9-7-17-37-23/h7-14,17-18H,3-6,15-16H2,1-2H3. The SMILES string of the molecule is CCCCOc1c(C#N)c(C#N)c(OCCCC)c(-c2ccc(-c3cccs3)s2)c1-c1ccc(-c2cccs2)s1. The zero-order valence-electron chi connectivity index (χ0n) is 22.4. The van der Waals surface area contributed by atoms with E-state index in [1.54, 1.807) is 45.3 Å². The van der Waals surface area contributed by atoms with Gasteiger partial charge in [0.1, 0.15) is 34.8 Å². The fourth-order valence-corrected chi connectivity index (χ4v) is 8.14. The molecule has 0 spiro atoms. The van der Waals surface area contributed by atoms with E-state index in [4.69, 9.17) is 9.47 Å². The van der Waals surface area contributed by atoms with Crippen LogP contribution in [-0.4, -0.2) is 13.2 Å². The first-order valence-corrected chi connectivity index (χ1v) is 16.7. The highest BCUT2D eigenvalue weighted by atomic mass is 32.1. The highest BCUT2D eigenvalue weighted by molar-refractivity contribution is 7.24. The Labute approximate surface area is 251 Å². The molecule has 0 N–H and O–H groups in total. The van der Waals surface area contributed by atoms with E-state index in [2.05, 4.69) is 85.3 Å². The number of rotatable bonds is 12. The first-order chi connectivity index (χ1) is 19.7. The summed E-state index contributed by atoms with van der Waals surface area (Å²) in [4.78, 5) is 6.65. The zero-order valence-corrected chi connectivity index (χ0v) is 25.6. The lowest BCUT2D eigenvalue weighted by Crippen LogP contribution is -2.07. The summed E-state index contributed by atoms with van der Waals surface area (Å²) in [7, 11) is 0. The average Bonchev–Trinajstić information content (AvgIpc) is 3.79. The second-order valence-electron chi connectivity index (χ2n) is 9.07. The second kappa shape index (κ2) is 13.3. The number of thiophene rings is 4. The van der Waals surface area contributed by atoms with Gasteiger partial charge in [0.15, 0.2) is 0 Å². The Balaban J connectivity index is 1.81. The van der Waals surface area contributed by atoms with E-state index in [1.165, 1.54) is 9.75 Å². The Morgan fingerprint density at radius 3 is 1.38 bits per heavy atom. The number of nitrogens with zero attached hydrogens (tertiary/aromatic N) is 2. The third-order valence-electron chi connectivity index (χ3n) is 6.35. The minimum atomic E-state index is 0.241. The van der Waals surface area contributed by atoms with Crippen molar-refractivity contribution in [3.8, 4) is 64.0 Å². The number of hydrogen-bond donors (Lipinski definition) is 0. The van der Waals surface area contributed by atoms with E-state index < -0.39 is 0 Å². The summed E-state index contributed by atoms with van der Waals surface area (Å²) < 4.78 is 12.8. The summed E-state index contributed by atoms with van der Waals surface area (Å²) in [5.74, 6) is 0.937. The molecule has 0 bridgehead atoms. The molecule has 0 amide bonds. The normalized spacial score (nSPS) is 10.8. The molecule has 5 aromatic rings. The van der Waals surface area contributed by atoms with Gasteiger partial charge in [-0.3, -0.25) is 0 Å². The predicted octanol–water partition coefficient (Wildman–Crippen LogP) is 10.7. The van der Waals surface area contributed by atoms with Gasteiger partial charge >= 0.3 is 0 Å². The Morgan fingerprint density at radius 1 is 0.600 bits per heavy atom. The van der Waals surface area contributed by atoms with Crippen LogP contribution in [0.15, 0.2) is 59.3 Å². The number of unbranched alkanes of at least 4 members (excludes halogenated alkanes) is 2. The van der Waals surface area contributed by atoms with Crippen LogP contribution in [0.3, 0.4) is 0 Å². The van der Waals surface area contributed by atoms with Crippen molar-refractivity contribution in [3.63, 3.8) is 0 Å². The molecule has 40 heavy (non-hydrogen) atoms. The van der Waals surface area contributed by atoms with Crippen molar-refractivity contribution in [1.82, 2.24) is 0 Å². The molecule has 5 rings (SSSR count). The van der Waals surface area contributed by atoms with Crippen LogP contribution in [0.1, 0.15) is 50.7 Å². The van der Waals surface area contributed by atoms with Gasteiger partial charge in [-0.05, 0) is 60.0 Å². The van der Waals surface area contributed by atoms with Gasteiger partial charge in [0.25, 0.3) is 0 Å². The Kier molecular flexibility index (Phi) is 9.36. The molecular formula is C32H28N2O2S4. The average molecular weight is 601 g/mol. The van der Waals surface area contributed by atoms with Crippen LogP contribution in [0.5, 0.6) is 11.5 Å². The van der Waals surface area contributed by atoms with Crippen molar-refractivity contribution >= 4 is 45.3 Å². The van der Waals surface area contributed by atoms with Crippen LogP contribution in [0.25, 0.3) is 40.4 Å². The lowest BCUT2D eigenvalue weighted by atomic mass is 9.93. The molecule has 0 aliphatic carbocycles. The van der Waals surface area contributed by atoms with Crippen LogP contribution < -0.4 is 9.47 Å². The third kappa shape index (κ3) is 5.73. The van der Waals surface area contributed by atoms with Gasteiger partial charge in [-0.25, -0.2) is 0 Å². The van der Waals surface area contributed by atoms with Crippen LogP contribution in [0.2, 0.25) is 0 Å². The first kappa shape index (κ1) is 28.1. The van der Waals surface area contributed by atoms with Gasteiger partial charge < -0.3 is 9.47 Å². The summed E-state index contributed by atoms with van der Waals surface area (Å²) >= 11 is 6.74. The quantitative estimate of drug-likeness (QED) is 0.134. The maximum absolute atomic E-state index is 10.4. The number of nitriles is 2. The summed E-state index contributed by atoms with van der Waals surface area (Å²) in [6, 6.07) is 21.4. The molecule has 0 radical (unpaired) electrons. The van der Waals surface area contributed by atoms with Crippen molar-refractivity contribution in [2.75, 3.05) is 13.2 Å². The Morgan fingerprint density at radius 2 is 1.02 bits per heavy atom. The molecule has 4 nitrogen and oxygen atoms in total. The molecule has 1 aromatic carbocycles. The van der Waals surface area contributed by atoms with Crippen LogP contribution >= 0.6 is 45.3 Å². The first-order valence-electron chi connectivity index (χ1n) is 13.3. The smallest absolute Gasteiger partial charge is 0.147 e. The number of ether oxygens (including phenoxy) is 2. The van der Waals surface area contributed by atoms with Crippen LogP contribution in [-0.2, 0) is 0 Å². The lowest BCUT2D eigenvalue weighted by molar-refractivity contribution is 0.301. The van der Waals surface area contributed by atoms with E-state index in [0.717, 1.165) is 56.3 Å². The Hall–Kier alpha value is -3.40. The molecule has 0 aliphatic rings. The van der Waals surface area contributed by atoms with Gasteiger partial charge in [-0.15, -0.1) is 45.3 Å². The van der Waals surface area contributed by atoms with E-state index in [1.807, 2.05) is 0 Å². The van der Waals surface area contributed by atoms with Crippen molar-refractivity contribution < 1.29 is 9.47 Å². The van der Waals surface area contributed by atoms with Gasteiger partial charge in [-0.1, -0.05) is 38.8 Å². The molecule has 4 aromatic heterocycles. The van der Waals surface area contributed by atoms with Gasteiger partial charge in [0.2, 0.25) is 0 Å². The fourth-order valence-electron chi connectivity index (χ4n) is 4.36. The van der Waals surface area contributed by atoms with E-state index in [9.17, 15) is 10.5 Å². The molecule has 0 fully saturated rings. The summed E-state index contributed by atoms with van der Waals surface area (Å²) in [6.45, 7) is 5.15. The molecule has 4 heterocycles. The van der Waals surface area contributed by atoms with Crippen molar-refractivity contribution in [1.29, 1.82) is 10.5 Å². The Bertz CT molecular complexity index is 1520. The fraction of sp³-hybridized carbons (Fsp3) is 0.250. The molecule has 0 unspecified atom stereocenters. The molecular weight excluding hydrogens is 573 g/mol. The molecule has 0 atom stereocenters. The van der Waals surface area contributed by atoms with Gasteiger partial charge in [-0.2, -0.15) is 10.5 Å². The second-order valence-corrected chi connectivity index (χ2v) is 13.1. The van der Waals surface area contributed by atoms with E-state index in [0.29, 0.717) is 24.7 Å². The highest BCUT2D eigenvalue weighted by Gasteiger charge is 2.30. The van der Waals surface area contributed by atoms with Crippen molar-refractivity contribution in [3.05, 3.63) is 70.4 Å². The van der Waals surface area contributed by atoms with E-state index >= 15 is 0 Å². The largest absolute Gasteiger partial charge is 0.491 e. The molecule has 8 heteroatoms. The monoisotopic (exact) mass is 600 g/mol. The van der Waals surface area contributed by atoms with E-state index in [-0.39, 0.29) is 11.1 Å². The predicted molar refractivity (Wildman–Crippen MR) is 170 cm³/mol. The molecule has 202 valence electrons. The lowest BCUT2D eigenvalue weighted by Gasteiger charge is -2.21. The number of hydrogen-bond acceptors (Lipinski definition) is 8. The van der Waals surface area contributed by atoms with Gasteiger partial charge in [0.05, 0.1) is 13.2 Å². The topological polar surface area (TPSA) is 66.0 Å². The summed E-state index contributed by atoms with van der Waals surface area (Å²) in [6.07, 6.45) is 3.62. The van der Waals surface area contributed by atoms with Crippen molar-refractivity contribution in [2.24, 2.45) is 0 Å². The molecule has 0 saturated heterocycles. The van der Waals surface area contributed by atoms with Gasteiger partial charge in [0, 0.05) is 40.4 Å². The summed E-state index contributed by atoms with van der Waals surface area (Å²) in [5.41, 5.74) is 2.13. The molecule has 0 saturated carbocycles. The minimum Gasteiger partial charge on any atom is -0.491 e. The zero-order chi connectivity index (χ0) is 27.9.